The molecular weight excluding hydrogens is 374 g/mol. The van der Waals surface area contributed by atoms with Crippen LogP contribution in [0.5, 0.6) is 0 Å². The fraction of sp³-hybridized carbons (Fsp3) is 0.182. The molecule has 5 nitrogen and oxygen atoms in total. The van der Waals surface area contributed by atoms with Gasteiger partial charge >= 0.3 is 0 Å². The maximum absolute atomic E-state index is 12.7. The number of nitrogens with zero attached hydrogens (tertiary/aromatic N) is 2. The first-order valence-corrected chi connectivity index (χ1v) is 9.54. The third-order valence-corrected chi connectivity index (χ3v) is 4.91. The number of ketones is 2. The van der Waals surface area contributed by atoms with Crippen LogP contribution in [0.25, 0.3) is 0 Å². The number of carbonyl (C=O) groups is 2. The highest BCUT2D eigenvalue weighted by molar-refractivity contribution is 6.31. The van der Waals surface area contributed by atoms with E-state index in [0.717, 1.165) is 25.0 Å². The molecule has 1 N–H and O–H groups in total. The maximum Gasteiger partial charge on any atom is 0.227 e. The molecule has 1 heterocycles. The Bertz CT molecular complexity index is 1050. The molecule has 1 aromatic heterocycles. The van der Waals surface area contributed by atoms with E-state index in [9.17, 15) is 9.59 Å². The van der Waals surface area contributed by atoms with Crippen LogP contribution in [0.2, 0.25) is 5.02 Å². The van der Waals surface area contributed by atoms with E-state index >= 15 is 0 Å². The minimum absolute atomic E-state index is 0.0950. The number of benzene rings is 2. The molecular formula is C22H18ClN3O2. The summed E-state index contributed by atoms with van der Waals surface area (Å²) < 4.78 is 0. The van der Waals surface area contributed by atoms with Crippen LogP contribution in [-0.4, -0.2) is 21.5 Å². The van der Waals surface area contributed by atoms with Crippen LogP contribution < -0.4 is 5.32 Å². The quantitative estimate of drug-likeness (QED) is 0.499. The largest absolute Gasteiger partial charge is 0.324 e. The molecule has 1 aliphatic carbocycles. The molecule has 6 heteroatoms. The van der Waals surface area contributed by atoms with Crippen molar-refractivity contribution in [3.05, 3.63) is 82.1 Å². The molecule has 0 radical (unpaired) electrons. The molecule has 0 atom stereocenters. The van der Waals surface area contributed by atoms with Gasteiger partial charge in [0.25, 0.3) is 0 Å². The second-order valence-corrected chi connectivity index (χ2v) is 7.17. The Morgan fingerprint density at radius 3 is 2.61 bits per heavy atom. The highest BCUT2D eigenvalue weighted by Gasteiger charge is 2.18. The van der Waals surface area contributed by atoms with Gasteiger partial charge in [-0.05, 0) is 37.5 Å². The number of fused-ring (bicyclic) bond motifs is 1. The number of Topliss-reactive ketones (excluding diaryl/α,β-unsaturated/α-hetero) is 1. The van der Waals surface area contributed by atoms with Crippen molar-refractivity contribution in [2.45, 2.75) is 25.7 Å². The van der Waals surface area contributed by atoms with Gasteiger partial charge in [-0.15, -0.1) is 0 Å². The Kier molecular flexibility index (Phi) is 5.17. The van der Waals surface area contributed by atoms with E-state index in [1.807, 2.05) is 18.2 Å². The summed E-state index contributed by atoms with van der Waals surface area (Å²) in [4.78, 5) is 33.6. The van der Waals surface area contributed by atoms with Gasteiger partial charge in [-0.3, -0.25) is 9.59 Å². The van der Waals surface area contributed by atoms with Gasteiger partial charge in [0.1, 0.15) is 0 Å². The number of hydrogen-bond acceptors (Lipinski definition) is 5. The van der Waals surface area contributed by atoms with Crippen molar-refractivity contribution in [2.75, 3.05) is 5.32 Å². The number of aromatic nitrogens is 2. The lowest BCUT2D eigenvalue weighted by Gasteiger charge is -2.10. The molecule has 28 heavy (non-hydrogen) atoms. The van der Waals surface area contributed by atoms with Crippen molar-refractivity contribution in [3.8, 4) is 0 Å². The van der Waals surface area contributed by atoms with Gasteiger partial charge < -0.3 is 5.32 Å². The standard InChI is InChI=1S/C22H18ClN3O2/c23-16-10-15(21(28)14-6-2-1-3-7-14)11-17(12-16)25-22-24-13-18-19(26-22)8-4-5-9-20(18)27/h1-3,6-7,10-13H,4-5,8-9H2,(H,24,25,26). The van der Waals surface area contributed by atoms with Crippen LogP contribution in [-0.2, 0) is 6.42 Å². The molecule has 0 unspecified atom stereocenters. The Labute approximate surface area is 167 Å². The number of nitrogens with one attached hydrogen (secondary N) is 1. The van der Waals surface area contributed by atoms with E-state index in [0.29, 0.717) is 39.8 Å². The van der Waals surface area contributed by atoms with Gasteiger partial charge in [0.2, 0.25) is 5.95 Å². The SMILES string of the molecule is O=C(c1ccccc1)c1cc(Cl)cc(Nc2ncc3c(n2)CCCCC3=O)c1. The van der Waals surface area contributed by atoms with E-state index in [1.54, 1.807) is 36.5 Å². The number of rotatable bonds is 4. The summed E-state index contributed by atoms with van der Waals surface area (Å²) in [6.45, 7) is 0. The first-order valence-electron chi connectivity index (χ1n) is 9.16. The molecule has 2 aromatic carbocycles. The molecule has 3 aromatic rings. The van der Waals surface area contributed by atoms with Crippen molar-refractivity contribution in [2.24, 2.45) is 0 Å². The van der Waals surface area contributed by atoms with Crippen LogP contribution >= 0.6 is 11.6 Å². The van der Waals surface area contributed by atoms with E-state index in [1.165, 1.54) is 0 Å². The lowest BCUT2D eigenvalue weighted by molar-refractivity contribution is 0.0980. The fourth-order valence-corrected chi connectivity index (χ4v) is 3.53. The maximum atomic E-state index is 12.7. The summed E-state index contributed by atoms with van der Waals surface area (Å²) >= 11 is 6.23. The summed E-state index contributed by atoms with van der Waals surface area (Å²) in [5.41, 5.74) is 3.06. The third kappa shape index (κ3) is 3.94. The lowest BCUT2D eigenvalue weighted by atomic mass is 10.0. The van der Waals surface area contributed by atoms with Gasteiger partial charge in [-0.1, -0.05) is 41.9 Å². The molecule has 0 saturated carbocycles. The molecule has 0 bridgehead atoms. The first-order chi connectivity index (χ1) is 13.6. The minimum atomic E-state index is -0.111. The van der Waals surface area contributed by atoms with Crippen LogP contribution in [0, 0.1) is 0 Å². The van der Waals surface area contributed by atoms with Crippen LogP contribution in [0.4, 0.5) is 11.6 Å². The van der Waals surface area contributed by atoms with E-state index in [2.05, 4.69) is 15.3 Å². The number of halogens is 1. The number of carbonyl (C=O) groups excluding carboxylic acids is 2. The Hall–Kier alpha value is -3.05. The normalized spacial score (nSPS) is 13.5. The average Bonchev–Trinajstić information content (AvgIpc) is 2.89. The van der Waals surface area contributed by atoms with E-state index in [4.69, 9.17) is 11.6 Å². The first kappa shape index (κ1) is 18.3. The summed E-state index contributed by atoms with van der Waals surface area (Å²) in [6.07, 6.45) is 4.69. The molecule has 0 aliphatic heterocycles. The third-order valence-electron chi connectivity index (χ3n) is 4.69. The smallest absolute Gasteiger partial charge is 0.227 e. The van der Waals surface area contributed by atoms with Crippen LogP contribution in [0.15, 0.2) is 54.7 Å². The van der Waals surface area contributed by atoms with Gasteiger partial charge in [-0.25, -0.2) is 9.97 Å². The number of anilines is 2. The Balaban J connectivity index is 1.62. The summed E-state index contributed by atoms with van der Waals surface area (Å²) in [6, 6.07) is 14.1. The monoisotopic (exact) mass is 391 g/mol. The zero-order chi connectivity index (χ0) is 19.5. The molecule has 0 spiro atoms. The van der Waals surface area contributed by atoms with Gasteiger partial charge in [0.15, 0.2) is 11.6 Å². The van der Waals surface area contributed by atoms with Crippen molar-refractivity contribution < 1.29 is 9.59 Å². The predicted octanol–water partition coefficient (Wildman–Crippen LogP) is 5.01. The number of aryl methyl sites for hydroxylation is 1. The fourth-order valence-electron chi connectivity index (χ4n) is 3.29. The predicted molar refractivity (Wildman–Crippen MR) is 109 cm³/mol. The second kappa shape index (κ2) is 7.90. The van der Waals surface area contributed by atoms with Crippen molar-refractivity contribution in [3.63, 3.8) is 0 Å². The molecule has 1 aliphatic rings. The van der Waals surface area contributed by atoms with Gasteiger partial charge in [0.05, 0.1) is 11.3 Å². The molecule has 0 saturated heterocycles. The van der Waals surface area contributed by atoms with Crippen molar-refractivity contribution >= 4 is 34.8 Å². The Morgan fingerprint density at radius 2 is 1.79 bits per heavy atom. The molecule has 4 rings (SSSR count). The van der Waals surface area contributed by atoms with Gasteiger partial charge in [0, 0.05) is 34.5 Å². The second-order valence-electron chi connectivity index (χ2n) is 6.73. The molecule has 0 amide bonds. The highest BCUT2D eigenvalue weighted by Crippen LogP contribution is 2.25. The van der Waals surface area contributed by atoms with Crippen LogP contribution in [0.1, 0.15) is 51.2 Å². The summed E-state index contributed by atoms with van der Waals surface area (Å²) in [5.74, 6) is 0.367. The Morgan fingerprint density at radius 1 is 1.00 bits per heavy atom. The lowest BCUT2D eigenvalue weighted by Crippen LogP contribution is -2.07. The highest BCUT2D eigenvalue weighted by atomic mass is 35.5. The van der Waals surface area contributed by atoms with E-state index < -0.39 is 0 Å². The van der Waals surface area contributed by atoms with Gasteiger partial charge in [-0.2, -0.15) is 0 Å². The minimum Gasteiger partial charge on any atom is -0.324 e. The van der Waals surface area contributed by atoms with Crippen molar-refractivity contribution in [1.82, 2.24) is 9.97 Å². The average molecular weight is 392 g/mol. The summed E-state index contributed by atoms with van der Waals surface area (Å²) in [5, 5.41) is 3.55. The zero-order valence-corrected chi connectivity index (χ0v) is 15.9. The van der Waals surface area contributed by atoms with Crippen LogP contribution in [0.3, 0.4) is 0 Å². The number of hydrogen-bond donors (Lipinski definition) is 1. The summed E-state index contributed by atoms with van der Waals surface area (Å²) in [7, 11) is 0. The molecule has 0 fully saturated rings. The topological polar surface area (TPSA) is 72.0 Å². The van der Waals surface area contributed by atoms with Crippen molar-refractivity contribution in [1.29, 1.82) is 0 Å². The van der Waals surface area contributed by atoms with E-state index in [-0.39, 0.29) is 11.6 Å². The zero-order valence-electron chi connectivity index (χ0n) is 15.1. The molecule has 140 valence electrons.